The number of carbonyl (C=O) groups excluding carboxylic acids is 1. The Hall–Kier alpha value is -1.51. The highest BCUT2D eigenvalue weighted by atomic mass is 16.5. The Morgan fingerprint density at radius 2 is 1.88 bits per heavy atom. The van der Waals surface area contributed by atoms with Gasteiger partial charge in [-0.1, -0.05) is 19.8 Å². The SMILES string of the molecule is CCCCCN(C(C)=O)c1ccc(OC)cc1. The molecule has 0 saturated heterocycles. The molecular formula is C14H21NO2. The van der Waals surface area contributed by atoms with Crippen molar-refractivity contribution < 1.29 is 9.53 Å². The fourth-order valence-corrected chi connectivity index (χ4v) is 1.75. The molecule has 3 heteroatoms. The van der Waals surface area contributed by atoms with E-state index in [9.17, 15) is 4.79 Å². The standard InChI is InChI=1S/C14H21NO2/c1-4-5-6-11-15(12(2)16)13-7-9-14(17-3)10-8-13/h7-10H,4-6,11H2,1-3H3. The number of amides is 1. The van der Waals surface area contributed by atoms with Crippen molar-refractivity contribution in [3.63, 3.8) is 0 Å². The van der Waals surface area contributed by atoms with E-state index < -0.39 is 0 Å². The second kappa shape index (κ2) is 6.94. The monoisotopic (exact) mass is 235 g/mol. The average Bonchev–Trinajstić information content (AvgIpc) is 2.34. The first-order valence-corrected chi connectivity index (χ1v) is 6.11. The van der Waals surface area contributed by atoms with Crippen molar-refractivity contribution in [1.29, 1.82) is 0 Å². The van der Waals surface area contributed by atoms with Crippen LogP contribution in [-0.4, -0.2) is 19.6 Å². The first-order chi connectivity index (χ1) is 8.19. The molecular weight excluding hydrogens is 214 g/mol. The first kappa shape index (κ1) is 13.6. The minimum absolute atomic E-state index is 0.0891. The van der Waals surface area contributed by atoms with E-state index in [0.717, 1.165) is 37.2 Å². The van der Waals surface area contributed by atoms with Crippen molar-refractivity contribution >= 4 is 11.6 Å². The molecule has 1 rings (SSSR count). The Labute approximate surface area is 103 Å². The Morgan fingerprint density at radius 3 is 2.35 bits per heavy atom. The number of anilines is 1. The van der Waals surface area contributed by atoms with Gasteiger partial charge in [0, 0.05) is 19.2 Å². The molecule has 0 fully saturated rings. The summed E-state index contributed by atoms with van der Waals surface area (Å²) in [5.74, 6) is 0.900. The first-order valence-electron chi connectivity index (χ1n) is 6.11. The number of methoxy groups -OCH3 is 1. The zero-order chi connectivity index (χ0) is 12.7. The lowest BCUT2D eigenvalue weighted by atomic mass is 10.2. The number of hydrogen-bond donors (Lipinski definition) is 0. The van der Waals surface area contributed by atoms with Crippen molar-refractivity contribution in [3.05, 3.63) is 24.3 Å². The van der Waals surface area contributed by atoms with Crippen LogP contribution in [0.3, 0.4) is 0 Å². The molecule has 1 aromatic carbocycles. The van der Waals surface area contributed by atoms with E-state index in [4.69, 9.17) is 4.74 Å². The summed E-state index contributed by atoms with van der Waals surface area (Å²) in [5, 5.41) is 0. The minimum Gasteiger partial charge on any atom is -0.497 e. The van der Waals surface area contributed by atoms with Crippen LogP contribution in [0.1, 0.15) is 33.1 Å². The van der Waals surface area contributed by atoms with E-state index in [2.05, 4.69) is 6.92 Å². The van der Waals surface area contributed by atoms with Gasteiger partial charge in [-0.3, -0.25) is 4.79 Å². The Balaban J connectivity index is 2.71. The van der Waals surface area contributed by atoms with Crippen molar-refractivity contribution in [1.82, 2.24) is 0 Å². The van der Waals surface area contributed by atoms with Gasteiger partial charge in [-0.15, -0.1) is 0 Å². The van der Waals surface area contributed by atoms with E-state index >= 15 is 0 Å². The largest absolute Gasteiger partial charge is 0.497 e. The number of unbranched alkanes of at least 4 members (excludes halogenated alkanes) is 2. The van der Waals surface area contributed by atoms with Gasteiger partial charge >= 0.3 is 0 Å². The molecule has 0 aromatic heterocycles. The van der Waals surface area contributed by atoms with Gasteiger partial charge < -0.3 is 9.64 Å². The lowest BCUT2D eigenvalue weighted by Gasteiger charge is -2.21. The molecule has 0 aliphatic heterocycles. The van der Waals surface area contributed by atoms with Gasteiger partial charge in [0.05, 0.1) is 7.11 Å². The second-order valence-corrected chi connectivity index (χ2v) is 4.08. The van der Waals surface area contributed by atoms with Gasteiger partial charge in [-0.05, 0) is 30.7 Å². The topological polar surface area (TPSA) is 29.5 Å². The van der Waals surface area contributed by atoms with Gasteiger partial charge in [-0.25, -0.2) is 0 Å². The number of ether oxygens (including phenoxy) is 1. The Kier molecular flexibility index (Phi) is 5.53. The fourth-order valence-electron chi connectivity index (χ4n) is 1.75. The number of nitrogens with zero attached hydrogens (tertiary/aromatic N) is 1. The molecule has 1 amide bonds. The van der Waals surface area contributed by atoms with Crippen LogP contribution >= 0.6 is 0 Å². The highest BCUT2D eigenvalue weighted by molar-refractivity contribution is 5.91. The minimum atomic E-state index is 0.0891. The number of rotatable bonds is 6. The lowest BCUT2D eigenvalue weighted by molar-refractivity contribution is -0.116. The average molecular weight is 235 g/mol. The van der Waals surface area contributed by atoms with Crippen molar-refractivity contribution in [3.8, 4) is 5.75 Å². The fraction of sp³-hybridized carbons (Fsp3) is 0.500. The molecule has 94 valence electrons. The number of hydrogen-bond acceptors (Lipinski definition) is 2. The maximum atomic E-state index is 11.6. The highest BCUT2D eigenvalue weighted by Crippen LogP contribution is 2.19. The molecule has 0 aliphatic rings. The van der Waals surface area contributed by atoms with Gasteiger partial charge in [0.25, 0.3) is 0 Å². The third-order valence-electron chi connectivity index (χ3n) is 2.75. The van der Waals surface area contributed by atoms with Crippen LogP contribution in [0.2, 0.25) is 0 Å². The van der Waals surface area contributed by atoms with Crippen molar-refractivity contribution in [2.24, 2.45) is 0 Å². The molecule has 0 heterocycles. The maximum Gasteiger partial charge on any atom is 0.223 e. The Morgan fingerprint density at radius 1 is 1.24 bits per heavy atom. The summed E-state index contributed by atoms with van der Waals surface area (Å²) < 4.78 is 5.10. The lowest BCUT2D eigenvalue weighted by Crippen LogP contribution is -2.29. The zero-order valence-electron chi connectivity index (χ0n) is 10.9. The van der Waals surface area contributed by atoms with E-state index in [1.165, 1.54) is 0 Å². The van der Waals surface area contributed by atoms with E-state index in [1.54, 1.807) is 14.0 Å². The van der Waals surface area contributed by atoms with Gasteiger partial charge in [-0.2, -0.15) is 0 Å². The molecule has 3 nitrogen and oxygen atoms in total. The third kappa shape index (κ3) is 4.10. The molecule has 1 aromatic rings. The maximum absolute atomic E-state index is 11.6. The summed E-state index contributed by atoms with van der Waals surface area (Å²) in [6.45, 7) is 4.55. The van der Waals surface area contributed by atoms with E-state index in [1.807, 2.05) is 29.2 Å². The molecule has 17 heavy (non-hydrogen) atoms. The molecule has 0 spiro atoms. The third-order valence-corrected chi connectivity index (χ3v) is 2.75. The summed E-state index contributed by atoms with van der Waals surface area (Å²) in [6.07, 6.45) is 3.36. The number of carbonyl (C=O) groups is 1. The number of benzene rings is 1. The zero-order valence-corrected chi connectivity index (χ0v) is 10.9. The smallest absolute Gasteiger partial charge is 0.223 e. The summed E-state index contributed by atoms with van der Waals surface area (Å²) in [4.78, 5) is 13.4. The summed E-state index contributed by atoms with van der Waals surface area (Å²) in [7, 11) is 1.64. The molecule has 0 radical (unpaired) electrons. The molecule has 0 saturated carbocycles. The van der Waals surface area contributed by atoms with Crippen LogP contribution in [0.5, 0.6) is 5.75 Å². The van der Waals surface area contributed by atoms with Gasteiger partial charge in [0.15, 0.2) is 0 Å². The normalized spacial score (nSPS) is 10.1. The molecule has 0 bridgehead atoms. The molecule has 0 unspecified atom stereocenters. The predicted molar refractivity (Wildman–Crippen MR) is 70.5 cm³/mol. The van der Waals surface area contributed by atoms with Crippen molar-refractivity contribution in [2.45, 2.75) is 33.1 Å². The summed E-state index contributed by atoms with van der Waals surface area (Å²) >= 11 is 0. The highest BCUT2D eigenvalue weighted by Gasteiger charge is 2.10. The van der Waals surface area contributed by atoms with Crippen LogP contribution in [0.4, 0.5) is 5.69 Å². The van der Waals surface area contributed by atoms with E-state index in [-0.39, 0.29) is 5.91 Å². The van der Waals surface area contributed by atoms with Crippen LogP contribution in [0.25, 0.3) is 0 Å². The van der Waals surface area contributed by atoms with E-state index in [0.29, 0.717) is 0 Å². The second-order valence-electron chi connectivity index (χ2n) is 4.08. The molecule has 0 atom stereocenters. The Bertz CT molecular complexity index is 346. The van der Waals surface area contributed by atoms with Gasteiger partial charge in [0.2, 0.25) is 5.91 Å². The van der Waals surface area contributed by atoms with Crippen LogP contribution in [0.15, 0.2) is 24.3 Å². The summed E-state index contributed by atoms with van der Waals surface area (Å²) in [6, 6.07) is 7.61. The summed E-state index contributed by atoms with van der Waals surface area (Å²) in [5.41, 5.74) is 0.939. The van der Waals surface area contributed by atoms with Crippen molar-refractivity contribution in [2.75, 3.05) is 18.6 Å². The molecule has 0 N–H and O–H groups in total. The predicted octanol–water partition coefficient (Wildman–Crippen LogP) is 3.24. The van der Waals surface area contributed by atoms with Crippen LogP contribution in [0, 0.1) is 0 Å². The molecule has 0 aliphatic carbocycles. The van der Waals surface area contributed by atoms with Crippen LogP contribution in [-0.2, 0) is 4.79 Å². The van der Waals surface area contributed by atoms with Crippen LogP contribution < -0.4 is 9.64 Å². The quantitative estimate of drug-likeness (QED) is 0.708. The van der Waals surface area contributed by atoms with Gasteiger partial charge in [0.1, 0.15) is 5.75 Å².